The summed E-state index contributed by atoms with van der Waals surface area (Å²) in [6.45, 7) is 3.66. The van der Waals surface area contributed by atoms with Gasteiger partial charge in [0.15, 0.2) is 6.29 Å². The second-order valence-corrected chi connectivity index (χ2v) is 17.8. The number of carbonyl (C=O) groups excluding carboxylic acids is 1. The van der Waals surface area contributed by atoms with Crippen molar-refractivity contribution in [1.82, 2.24) is 5.32 Å². The van der Waals surface area contributed by atoms with Crippen molar-refractivity contribution in [3.8, 4) is 0 Å². The molecule has 1 heterocycles. The molecule has 10 nitrogen and oxygen atoms in total. The molecule has 1 amide bonds. The highest BCUT2D eigenvalue weighted by Gasteiger charge is 2.44. The Kier molecular flexibility index (Phi) is 38.1. The predicted molar refractivity (Wildman–Crippen MR) is 246 cm³/mol. The van der Waals surface area contributed by atoms with Crippen LogP contribution in [-0.2, 0) is 14.3 Å². The van der Waals surface area contributed by atoms with E-state index in [0.717, 1.165) is 64.2 Å². The van der Waals surface area contributed by atoms with Crippen molar-refractivity contribution in [2.75, 3.05) is 13.2 Å². The zero-order valence-electron chi connectivity index (χ0n) is 38.6. The minimum Gasteiger partial charge on any atom is -0.394 e. The Bertz CT molecular complexity index is 1010. The molecule has 354 valence electrons. The molecule has 0 saturated carbocycles. The van der Waals surface area contributed by atoms with E-state index in [2.05, 4.69) is 43.5 Å². The van der Waals surface area contributed by atoms with Crippen molar-refractivity contribution < 1.29 is 44.9 Å². The number of allylic oxidation sites excluding steroid dienone is 4. The average molecular weight is 854 g/mol. The van der Waals surface area contributed by atoms with Gasteiger partial charge in [-0.1, -0.05) is 205 Å². The normalized spacial score (nSPS) is 21.2. The molecular formula is C50H95NO9. The summed E-state index contributed by atoms with van der Waals surface area (Å²) in [5.74, 6) is -0.588. The lowest BCUT2D eigenvalue weighted by atomic mass is 9.99. The molecule has 0 radical (unpaired) electrons. The predicted octanol–water partition coefficient (Wildman–Crippen LogP) is 10.0. The van der Waals surface area contributed by atoms with Crippen LogP contribution in [0.25, 0.3) is 0 Å². The Labute approximate surface area is 367 Å². The highest BCUT2D eigenvalue weighted by atomic mass is 16.7. The third-order valence-electron chi connectivity index (χ3n) is 12.2. The van der Waals surface area contributed by atoms with Crippen LogP contribution >= 0.6 is 0 Å². The van der Waals surface area contributed by atoms with E-state index in [4.69, 9.17) is 9.47 Å². The van der Waals surface area contributed by atoms with E-state index in [1.807, 2.05) is 0 Å². The molecule has 0 aliphatic carbocycles. The molecule has 8 atom stereocenters. The summed E-state index contributed by atoms with van der Waals surface area (Å²) < 4.78 is 11.2. The fourth-order valence-electron chi connectivity index (χ4n) is 8.02. The van der Waals surface area contributed by atoms with Crippen LogP contribution in [0.15, 0.2) is 24.3 Å². The number of unbranched alkanes of at least 4 members (excludes halogenated alkanes) is 27. The minimum absolute atomic E-state index is 0.256. The summed E-state index contributed by atoms with van der Waals surface area (Å²) in [7, 11) is 0. The Balaban J connectivity index is 2.27. The van der Waals surface area contributed by atoms with Crippen LogP contribution in [0.5, 0.6) is 0 Å². The Morgan fingerprint density at radius 3 is 1.43 bits per heavy atom. The average Bonchev–Trinajstić information content (AvgIpc) is 3.25. The van der Waals surface area contributed by atoms with Gasteiger partial charge < -0.3 is 45.4 Å². The minimum atomic E-state index is -1.60. The molecule has 1 fully saturated rings. The summed E-state index contributed by atoms with van der Waals surface area (Å²) in [5, 5.41) is 64.8. The van der Waals surface area contributed by atoms with Crippen LogP contribution < -0.4 is 5.32 Å². The van der Waals surface area contributed by atoms with Gasteiger partial charge in [0, 0.05) is 0 Å². The first-order valence-corrected chi connectivity index (χ1v) is 25.1. The molecule has 7 N–H and O–H groups in total. The molecule has 1 aliphatic rings. The maximum absolute atomic E-state index is 13.1. The van der Waals surface area contributed by atoms with E-state index >= 15 is 0 Å². The molecule has 1 saturated heterocycles. The van der Waals surface area contributed by atoms with Crippen LogP contribution in [-0.4, -0.2) is 98.7 Å². The quantitative estimate of drug-likeness (QED) is 0.0233. The van der Waals surface area contributed by atoms with E-state index in [0.29, 0.717) is 12.8 Å². The van der Waals surface area contributed by atoms with E-state index < -0.39 is 61.5 Å². The third-order valence-corrected chi connectivity index (χ3v) is 12.2. The lowest BCUT2D eigenvalue weighted by Gasteiger charge is -2.40. The molecule has 8 unspecified atom stereocenters. The van der Waals surface area contributed by atoms with Crippen LogP contribution in [0.2, 0.25) is 0 Å². The summed E-state index contributed by atoms with van der Waals surface area (Å²) in [6.07, 6.45) is 38.1. The van der Waals surface area contributed by atoms with Gasteiger partial charge in [0.2, 0.25) is 5.91 Å². The van der Waals surface area contributed by atoms with Gasteiger partial charge in [0.25, 0.3) is 0 Å². The highest BCUT2D eigenvalue weighted by Crippen LogP contribution is 2.23. The number of amides is 1. The summed E-state index contributed by atoms with van der Waals surface area (Å²) in [5.41, 5.74) is 0. The van der Waals surface area contributed by atoms with Crippen molar-refractivity contribution in [2.45, 2.75) is 275 Å². The number of hydrogen-bond donors (Lipinski definition) is 7. The Morgan fingerprint density at radius 1 is 0.567 bits per heavy atom. The second-order valence-electron chi connectivity index (χ2n) is 17.8. The van der Waals surface area contributed by atoms with Crippen LogP contribution in [0.3, 0.4) is 0 Å². The number of aliphatic hydroxyl groups excluding tert-OH is 6. The Morgan fingerprint density at radius 2 is 0.983 bits per heavy atom. The molecule has 0 spiro atoms. The zero-order chi connectivity index (χ0) is 43.9. The van der Waals surface area contributed by atoms with Gasteiger partial charge in [-0.15, -0.1) is 0 Å². The van der Waals surface area contributed by atoms with Crippen molar-refractivity contribution in [2.24, 2.45) is 0 Å². The SMILES string of the molecule is CCCCCCCCCCC/C=C\C/C=C\CCCCCCCCCCC(O)C(=O)NC(COC1OC(CO)C(O)C(O)C1O)C(O)CCCCCCCCCCCCC. The fourth-order valence-corrected chi connectivity index (χ4v) is 8.02. The summed E-state index contributed by atoms with van der Waals surface area (Å²) >= 11 is 0. The van der Waals surface area contributed by atoms with Gasteiger partial charge in [0.1, 0.15) is 30.5 Å². The van der Waals surface area contributed by atoms with Gasteiger partial charge >= 0.3 is 0 Å². The number of carbonyl (C=O) groups is 1. The number of nitrogens with one attached hydrogen (secondary N) is 1. The van der Waals surface area contributed by atoms with E-state index in [1.165, 1.54) is 135 Å². The molecule has 0 aromatic rings. The van der Waals surface area contributed by atoms with Gasteiger partial charge in [-0.2, -0.15) is 0 Å². The van der Waals surface area contributed by atoms with E-state index in [1.54, 1.807) is 0 Å². The molecular weight excluding hydrogens is 759 g/mol. The van der Waals surface area contributed by atoms with Gasteiger partial charge in [0.05, 0.1) is 25.4 Å². The van der Waals surface area contributed by atoms with Crippen molar-refractivity contribution >= 4 is 5.91 Å². The third kappa shape index (κ3) is 29.8. The first kappa shape index (κ1) is 56.6. The lowest BCUT2D eigenvalue weighted by molar-refractivity contribution is -0.302. The largest absolute Gasteiger partial charge is 0.394 e. The van der Waals surface area contributed by atoms with Gasteiger partial charge in [-0.3, -0.25) is 4.79 Å². The number of ether oxygens (including phenoxy) is 2. The fraction of sp³-hybridized carbons (Fsp3) is 0.900. The molecule has 60 heavy (non-hydrogen) atoms. The summed E-state index contributed by atoms with van der Waals surface area (Å²) in [4.78, 5) is 13.1. The van der Waals surface area contributed by atoms with Gasteiger partial charge in [-0.25, -0.2) is 0 Å². The van der Waals surface area contributed by atoms with Crippen molar-refractivity contribution in [3.05, 3.63) is 24.3 Å². The van der Waals surface area contributed by atoms with E-state index in [9.17, 15) is 35.4 Å². The number of hydrogen-bond acceptors (Lipinski definition) is 9. The molecule has 1 aliphatic heterocycles. The monoisotopic (exact) mass is 854 g/mol. The topological polar surface area (TPSA) is 169 Å². The number of rotatable bonds is 42. The van der Waals surface area contributed by atoms with Crippen molar-refractivity contribution in [1.29, 1.82) is 0 Å². The number of aliphatic hydroxyl groups is 6. The van der Waals surface area contributed by atoms with Gasteiger partial charge in [-0.05, 0) is 44.9 Å². The standard InChI is InChI=1S/C50H95NO9/c1-3-5-7-9-11-13-15-16-17-18-19-20-21-22-23-24-25-26-27-29-31-33-35-37-39-44(54)49(58)51-42(41-59-50-48(57)47(56)46(55)45(40-52)60-50)43(53)38-36-34-32-30-28-14-12-10-8-6-4-2/h19-20,22-23,42-48,50,52-57H,3-18,21,24-41H2,1-2H3,(H,51,58)/b20-19-,23-22-. The first-order valence-electron chi connectivity index (χ1n) is 25.1. The lowest BCUT2D eigenvalue weighted by Crippen LogP contribution is -2.60. The van der Waals surface area contributed by atoms with Crippen LogP contribution in [0.1, 0.15) is 226 Å². The summed E-state index contributed by atoms with van der Waals surface area (Å²) in [6, 6.07) is -0.894. The maximum Gasteiger partial charge on any atom is 0.249 e. The second kappa shape index (κ2) is 40.4. The molecule has 1 rings (SSSR count). The van der Waals surface area contributed by atoms with E-state index in [-0.39, 0.29) is 6.61 Å². The Hall–Kier alpha value is -1.37. The smallest absolute Gasteiger partial charge is 0.249 e. The molecule has 0 aromatic carbocycles. The van der Waals surface area contributed by atoms with Crippen molar-refractivity contribution in [3.63, 3.8) is 0 Å². The molecule has 0 aromatic heterocycles. The van der Waals surface area contributed by atoms with Crippen LogP contribution in [0.4, 0.5) is 0 Å². The zero-order valence-corrected chi connectivity index (χ0v) is 38.6. The first-order chi connectivity index (χ1) is 29.3. The molecule has 10 heteroatoms. The molecule has 0 bridgehead atoms. The van der Waals surface area contributed by atoms with Crippen LogP contribution in [0, 0.1) is 0 Å². The maximum atomic E-state index is 13.1. The highest BCUT2D eigenvalue weighted by molar-refractivity contribution is 5.80.